The van der Waals surface area contributed by atoms with Gasteiger partial charge >= 0.3 is 0 Å². The van der Waals surface area contributed by atoms with Crippen LogP contribution >= 0.6 is 15.9 Å². The van der Waals surface area contributed by atoms with Gasteiger partial charge in [0, 0.05) is 10.4 Å². The predicted molar refractivity (Wildman–Crippen MR) is 72.7 cm³/mol. The number of hydrogen-bond donors (Lipinski definition) is 1. The number of halogens is 1. The summed E-state index contributed by atoms with van der Waals surface area (Å²) in [4.78, 5) is 11.3. The van der Waals surface area contributed by atoms with Crippen LogP contribution in [0.5, 0.6) is 0 Å². The molecule has 0 atom stereocenters. The van der Waals surface area contributed by atoms with Crippen molar-refractivity contribution in [2.45, 2.75) is 12.8 Å². The van der Waals surface area contributed by atoms with Gasteiger partial charge in [-0.1, -0.05) is 30.3 Å². The van der Waals surface area contributed by atoms with Crippen LogP contribution in [0, 0.1) is 5.92 Å². The molecule has 88 valence electrons. The lowest BCUT2D eigenvalue weighted by Gasteiger charge is -1.95. The van der Waals surface area contributed by atoms with Gasteiger partial charge in [0.05, 0.1) is 6.21 Å². The minimum absolute atomic E-state index is 0.0151. The zero-order valence-electron chi connectivity index (χ0n) is 9.27. The molecular weight excluding hydrogens is 280 g/mol. The summed E-state index contributed by atoms with van der Waals surface area (Å²) in [6.45, 7) is 0. The van der Waals surface area contributed by atoms with E-state index in [1.165, 1.54) is 0 Å². The fourth-order valence-corrected chi connectivity index (χ4v) is 1.71. The highest BCUT2D eigenvalue weighted by atomic mass is 79.9. The number of carbonyl (C=O) groups is 1. The van der Waals surface area contributed by atoms with E-state index in [1.807, 2.05) is 36.4 Å². The SMILES string of the molecule is O=C(NN=C/C(Br)=C\c1ccccc1)C1CC1. The second-order valence-electron chi connectivity index (χ2n) is 3.95. The molecule has 0 saturated heterocycles. The lowest BCUT2D eigenvalue weighted by molar-refractivity contribution is -0.122. The molecule has 0 unspecified atom stereocenters. The van der Waals surface area contributed by atoms with Gasteiger partial charge in [-0.15, -0.1) is 0 Å². The van der Waals surface area contributed by atoms with E-state index >= 15 is 0 Å². The molecule has 17 heavy (non-hydrogen) atoms. The molecule has 1 N–H and O–H groups in total. The fourth-order valence-electron chi connectivity index (χ4n) is 1.34. The molecule has 0 aliphatic heterocycles. The zero-order valence-corrected chi connectivity index (χ0v) is 10.9. The number of carbonyl (C=O) groups excluding carboxylic acids is 1. The summed E-state index contributed by atoms with van der Waals surface area (Å²) in [6, 6.07) is 9.90. The number of benzene rings is 1. The predicted octanol–water partition coefficient (Wildman–Crippen LogP) is 2.93. The Bertz CT molecular complexity index is 450. The third-order valence-electron chi connectivity index (χ3n) is 2.41. The van der Waals surface area contributed by atoms with E-state index in [4.69, 9.17) is 0 Å². The van der Waals surface area contributed by atoms with Gasteiger partial charge in [-0.2, -0.15) is 5.10 Å². The summed E-state index contributed by atoms with van der Waals surface area (Å²) >= 11 is 3.38. The van der Waals surface area contributed by atoms with Crippen molar-refractivity contribution in [1.82, 2.24) is 5.43 Å². The van der Waals surface area contributed by atoms with Gasteiger partial charge in [-0.05, 0) is 40.4 Å². The molecule has 1 amide bonds. The fraction of sp³-hybridized carbons (Fsp3) is 0.231. The van der Waals surface area contributed by atoms with E-state index in [0.717, 1.165) is 22.9 Å². The Morgan fingerprint density at radius 3 is 2.71 bits per heavy atom. The molecular formula is C13H13BrN2O. The molecule has 0 aromatic heterocycles. The lowest BCUT2D eigenvalue weighted by Crippen LogP contribution is -2.18. The highest BCUT2D eigenvalue weighted by Gasteiger charge is 2.29. The highest BCUT2D eigenvalue weighted by Crippen LogP contribution is 2.28. The summed E-state index contributed by atoms with van der Waals surface area (Å²) in [7, 11) is 0. The van der Waals surface area contributed by atoms with Crippen molar-refractivity contribution in [3.05, 3.63) is 40.4 Å². The first-order valence-electron chi connectivity index (χ1n) is 5.51. The molecule has 1 aliphatic rings. The Balaban J connectivity index is 1.87. The first-order valence-corrected chi connectivity index (χ1v) is 6.30. The van der Waals surface area contributed by atoms with Crippen LogP contribution in [-0.2, 0) is 4.79 Å². The van der Waals surface area contributed by atoms with Gasteiger partial charge in [-0.3, -0.25) is 4.79 Å². The summed E-state index contributed by atoms with van der Waals surface area (Å²) in [5, 5.41) is 3.89. The van der Waals surface area contributed by atoms with E-state index in [1.54, 1.807) is 6.21 Å². The standard InChI is InChI=1S/C13H13BrN2O/c14-12(8-10-4-2-1-3-5-10)9-15-16-13(17)11-6-7-11/h1-5,8-9,11H,6-7H2,(H,16,17)/b12-8+,15-9?. The van der Waals surface area contributed by atoms with Crippen LogP contribution in [0.2, 0.25) is 0 Å². The average Bonchev–Trinajstić information content (AvgIpc) is 3.14. The van der Waals surface area contributed by atoms with Crippen LogP contribution in [0.3, 0.4) is 0 Å². The van der Waals surface area contributed by atoms with Gasteiger partial charge in [0.15, 0.2) is 0 Å². The van der Waals surface area contributed by atoms with Crippen molar-refractivity contribution >= 4 is 34.1 Å². The number of amides is 1. The van der Waals surface area contributed by atoms with Crippen LogP contribution in [0.25, 0.3) is 6.08 Å². The van der Waals surface area contributed by atoms with E-state index in [0.29, 0.717) is 0 Å². The molecule has 1 aromatic rings. The van der Waals surface area contributed by atoms with Crippen LogP contribution < -0.4 is 5.43 Å². The van der Waals surface area contributed by atoms with Crippen LogP contribution in [0.1, 0.15) is 18.4 Å². The smallest absolute Gasteiger partial charge is 0.243 e. The van der Waals surface area contributed by atoms with E-state index < -0.39 is 0 Å². The quantitative estimate of drug-likeness (QED) is 0.673. The Hall–Kier alpha value is -1.42. The third kappa shape index (κ3) is 4.15. The van der Waals surface area contributed by atoms with E-state index in [2.05, 4.69) is 26.5 Å². The Labute approximate surface area is 109 Å². The van der Waals surface area contributed by atoms with Crippen molar-refractivity contribution in [2.75, 3.05) is 0 Å². The monoisotopic (exact) mass is 292 g/mol. The largest absolute Gasteiger partial charge is 0.273 e. The minimum atomic E-state index is 0.0151. The molecule has 0 spiro atoms. The van der Waals surface area contributed by atoms with Gasteiger partial charge in [0.2, 0.25) is 5.91 Å². The molecule has 0 radical (unpaired) electrons. The van der Waals surface area contributed by atoms with Crippen molar-refractivity contribution < 1.29 is 4.79 Å². The van der Waals surface area contributed by atoms with Crippen molar-refractivity contribution in [3.63, 3.8) is 0 Å². The number of nitrogens with one attached hydrogen (secondary N) is 1. The van der Waals surface area contributed by atoms with Gasteiger partial charge in [0.1, 0.15) is 0 Å². The number of nitrogens with zero attached hydrogens (tertiary/aromatic N) is 1. The Morgan fingerprint density at radius 1 is 1.35 bits per heavy atom. The maximum atomic E-state index is 11.3. The zero-order chi connectivity index (χ0) is 12.1. The summed E-state index contributed by atoms with van der Waals surface area (Å²) in [5.74, 6) is 0.199. The van der Waals surface area contributed by atoms with Crippen LogP contribution in [-0.4, -0.2) is 12.1 Å². The molecule has 3 nitrogen and oxygen atoms in total. The van der Waals surface area contributed by atoms with Gasteiger partial charge < -0.3 is 0 Å². The Kier molecular flexibility index (Phi) is 4.09. The molecule has 1 fully saturated rings. The van der Waals surface area contributed by atoms with Crippen molar-refractivity contribution in [1.29, 1.82) is 0 Å². The van der Waals surface area contributed by atoms with Crippen molar-refractivity contribution in [3.8, 4) is 0 Å². The minimum Gasteiger partial charge on any atom is -0.273 e. The normalized spacial score (nSPS) is 16.2. The second-order valence-corrected chi connectivity index (χ2v) is 4.86. The third-order valence-corrected chi connectivity index (χ3v) is 2.85. The highest BCUT2D eigenvalue weighted by molar-refractivity contribution is 9.12. The number of rotatable bonds is 4. The number of hydrogen-bond acceptors (Lipinski definition) is 2. The van der Waals surface area contributed by atoms with Gasteiger partial charge in [0.25, 0.3) is 0 Å². The molecule has 0 bridgehead atoms. The molecule has 1 aliphatic carbocycles. The topological polar surface area (TPSA) is 41.5 Å². The van der Waals surface area contributed by atoms with E-state index in [9.17, 15) is 4.79 Å². The summed E-state index contributed by atoms with van der Waals surface area (Å²) in [6.07, 6.45) is 5.50. The molecule has 1 saturated carbocycles. The van der Waals surface area contributed by atoms with Gasteiger partial charge in [-0.25, -0.2) is 5.43 Å². The maximum Gasteiger partial charge on any atom is 0.243 e. The molecule has 4 heteroatoms. The Morgan fingerprint density at radius 2 is 2.06 bits per heavy atom. The number of hydrazone groups is 1. The molecule has 2 rings (SSSR count). The van der Waals surface area contributed by atoms with Crippen LogP contribution in [0.4, 0.5) is 0 Å². The molecule has 0 heterocycles. The number of allylic oxidation sites excluding steroid dienone is 1. The first kappa shape index (κ1) is 12.0. The summed E-state index contributed by atoms with van der Waals surface area (Å²) in [5.41, 5.74) is 3.60. The van der Waals surface area contributed by atoms with E-state index in [-0.39, 0.29) is 11.8 Å². The molecule has 1 aromatic carbocycles. The van der Waals surface area contributed by atoms with Crippen LogP contribution in [0.15, 0.2) is 39.9 Å². The second kappa shape index (κ2) is 5.77. The summed E-state index contributed by atoms with van der Waals surface area (Å²) < 4.78 is 0.819. The average molecular weight is 293 g/mol. The van der Waals surface area contributed by atoms with Crippen molar-refractivity contribution in [2.24, 2.45) is 11.0 Å². The maximum absolute atomic E-state index is 11.3. The first-order chi connectivity index (χ1) is 8.25. The lowest BCUT2D eigenvalue weighted by atomic mass is 10.2.